The van der Waals surface area contributed by atoms with Crippen LogP contribution in [0.2, 0.25) is 0 Å². The Balaban J connectivity index is 1.79. The number of nitrogens with zero attached hydrogens (tertiary/aromatic N) is 1. The number of thiocarbonyl (C=S) groups is 1. The Morgan fingerprint density at radius 1 is 1.00 bits per heavy atom. The smallest absolute Gasteiger partial charge is 0.322 e. The number of fused-ring (bicyclic) bond motifs is 1. The van der Waals surface area contributed by atoms with E-state index in [-0.39, 0.29) is 6.03 Å². The molecule has 0 radical (unpaired) electrons. The molecule has 3 rings (SSSR count). The van der Waals surface area contributed by atoms with Crippen LogP contribution < -0.4 is 5.32 Å². The molecule has 21 heavy (non-hydrogen) atoms. The number of nitrogens with one attached hydrogen (secondary N) is 1. The van der Waals surface area contributed by atoms with Crippen molar-refractivity contribution in [3.8, 4) is 0 Å². The van der Waals surface area contributed by atoms with Crippen LogP contribution in [0.4, 0.5) is 4.79 Å². The molecule has 0 atom stereocenters. The van der Waals surface area contributed by atoms with E-state index in [2.05, 4.69) is 5.32 Å². The van der Waals surface area contributed by atoms with E-state index in [0.717, 1.165) is 42.3 Å². The number of carbonyl (C=O) groups is 1. The Morgan fingerprint density at radius 2 is 1.71 bits per heavy atom. The fourth-order valence-electron chi connectivity index (χ4n) is 2.76. The van der Waals surface area contributed by atoms with E-state index in [0.29, 0.717) is 4.99 Å². The molecule has 0 unspecified atom stereocenters. The van der Waals surface area contributed by atoms with E-state index < -0.39 is 0 Å². The molecular formula is C17H18N2OS. The van der Waals surface area contributed by atoms with E-state index >= 15 is 0 Å². The largest absolute Gasteiger partial charge is 0.325 e. The molecule has 0 spiro atoms. The summed E-state index contributed by atoms with van der Waals surface area (Å²) in [5, 5.41) is 5.08. The third-order valence-electron chi connectivity index (χ3n) is 3.90. The monoisotopic (exact) mass is 298 g/mol. The van der Waals surface area contributed by atoms with Crippen molar-refractivity contribution in [1.29, 1.82) is 0 Å². The van der Waals surface area contributed by atoms with Crippen LogP contribution in [-0.2, 0) is 0 Å². The van der Waals surface area contributed by atoms with Gasteiger partial charge < -0.3 is 4.90 Å². The van der Waals surface area contributed by atoms with Gasteiger partial charge in [0.2, 0.25) is 0 Å². The van der Waals surface area contributed by atoms with Gasteiger partial charge in [-0.15, -0.1) is 0 Å². The molecule has 1 saturated heterocycles. The zero-order valence-electron chi connectivity index (χ0n) is 11.8. The van der Waals surface area contributed by atoms with E-state index in [4.69, 9.17) is 12.2 Å². The van der Waals surface area contributed by atoms with Gasteiger partial charge in [0.05, 0.1) is 0 Å². The van der Waals surface area contributed by atoms with Crippen molar-refractivity contribution in [2.24, 2.45) is 0 Å². The maximum Gasteiger partial charge on any atom is 0.322 e. The molecule has 0 bridgehead atoms. The first-order valence-corrected chi connectivity index (χ1v) is 7.74. The summed E-state index contributed by atoms with van der Waals surface area (Å²) in [6.45, 7) is 1.65. The number of likely N-dealkylation sites (tertiary alicyclic amines) is 1. The number of amides is 2. The van der Waals surface area contributed by atoms with Gasteiger partial charge in [0.25, 0.3) is 0 Å². The van der Waals surface area contributed by atoms with Crippen LogP contribution in [0.5, 0.6) is 0 Å². The molecule has 108 valence electrons. The molecular weight excluding hydrogens is 280 g/mol. The van der Waals surface area contributed by atoms with E-state index in [1.807, 2.05) is 47.4 Å². The Hall–Kier alpha value is -1.94. The lowest BCUT2D eigenvalue weighted by Gasteiger charge is -2.27. The number of urea groups is 1. The summed E-state index contributed by atoms with van der Waals surface area (Å²) in [7, 11) is 0. The van der Waals surface area contributed by atoms with Crippen molar-refractivity contribution in [1.82, 2.24) is 10.2 Å². The topological polar surface area (TPSA) is 32.3 Å². The summed E-state index contributed by atoms with van der Waals surface area (Å²) in [6, 6.07) is 14.0. The van der Waals surface area contributed by atoms with Gasteiger partial charge in [-0.25, -0.2) is 4.79 Å². The van der Waals surface area contributed by atoms with Gasteiger partial charge in [0.1, 0.15) is 4.99 Å². The van der Waals surface area contributed by atoms with Crippen LogP contribution in [-0.4, -0.2) is 29.0 Å². The molecule has 0 aliphatic carbocycles. The maximum atomic E-state index is 12.2. The maximum absolute atomic E-state index is 12.2. The second kappa shape index (κ2) is 6.22. The van der Waals surface area contributed by atoms with Gasteiger partial charge in [0.15, 0.2) is 0 Å². The molecule has 2 amide bonds. The molecule has 0 aromatic heterocycles. The highest BCUT2D eigenvalue weighted by Gasteiger charge is 2.18. The lowest BCUT2D eigenvalue weighted by molar-refractivity contribution is 0.191. The third-order valence-corrected chi connectivity index (χ3v) is 4.22. The minimum absolute atomic E-state index is 0.0763. The van der Waals surface area contributed by atoms with Crippen molar-refractivity contribution in [2.45, 2.75) is 19.3 Å². The number of rotatable bonds is 1. The van der Waals surface area contributed by atoms with Crippen LogP contribution in [0.15, 0.2) is 42.5 Å². The van der Waals surface area contributed by atoms with Crippen molar-refractivity contribution >= 4 is 34.0 Å². The van der Waals surface area contributed by atoms with Crippen molar-refractivity contribution in [3.05, 3.63) is 48.0 Å². The zero-order chi connectivity index (χ0) is 14.7. The highest BCUT2D eigenvalue weighted by Crippen LogP contribution is 2.19. The van der Waals surface area contributed by atoms with Gasteiger partial charge in [-0.1, -0.05) is 54.7 Å². The SMILES string of the molecule is O=C(NC(=S)c1cccc2ccccc12)N1CCCCC1. The number of benzene rings is 2. The average molecular weight is 298 g/mol. The standard InChI is InChI=1S/C17H18N2OS/c20-17(19-11-4-1-5-12-19)18-16(21)15-10-6-8-13-7-2-3-9-14(13)15/h2-3,6-10H,1,4-5,11-12H2,(H,18,20,21). The molecule has 2 aromatic carbocycles. The fourth-order valence-corrected chi connectivity index (χ4v) is 3.03. The highest BCUT2D eigenvalue weighted by atomic mass is 32.1. The lowest BCUT2D eigenvalue weighted by atomic mass is 10.0. The minimum atomic E-state index is -0.0763. The van der Waals surface area contributed by atoms with Crippen LogP contribution in [0.25, 0.3) is 10.8 Å². The summed E-state index contributed by atoms with van der Waals surface area (Å²) >= 11 is 5.43. The highest BCUT2D eigenvalue weighted by molar-refractivity contribution is 7.80. The third kappa shape index (κ3) is 3.05. The summed E-state index contributed by atoms with van der Waals surface area (Å²) in [4.78, 5) is 14.6. The summed E-state index contributed by atoms with van der Waals surface area (Å²) < 4.78 is 0. The molecule has 1 heterocycles. The molecule has 2 aromatic rings. The number of hydrogen-bond donors (Lipinski definition) is 1. The van der Waals surface area contributed by atoms with Crippen molar-refractivity contribution in [3.63, 3.8) is 0 Å². The fraction of sp³-hybridized carbons (Fsp3) is 0.294. The summed E-state index contributed by atoms with van der Waals surface area (Å²) in [5.74, 6) is 0. The van der Waals surface area contributed by atoms with Gasteiger partial charge >= 0.3 is 6.03 Å². The van der Waals surface area contributed by atoms with E-state index in [1.165, 1.54) is 6.42 Å². The zero-order valence-corrected chi connectivity index (χ0v) is 12.7. The van der Waals surface area contributed by atoms with E-state index in [1.54, 1.807) is 0 Å². The van der Waals surface area contributed by atoms with Gasteiger partial charge in [0, 0.05) is 18.7 Å². The van der Waals surface area contributed by atoms with E-state index in [9.17, 15) is 4.79 Å². The van der Waals surface area contributed by atoms with Crippen LogP contribution >= 0.6 is 12.2 Å². The molecule has 3 nitrogen and oxygen atoms in total. The molecule has 1 aliphatic heterocycles. The first-order chi connectivity index (χ1) is 10.3. The Kier molecular flexibility index (Phi) is 4.15. The summed E-state index contributed by atoms with van der Waals surface area (Å²) in [5.41, 5.74) is 0.911. The quantitative estimate of drug-likeness (QED) is 0.814. The number of hydrogen-bond acceptors (Lipinski definition) is 2. The molecule has 4 heteroatoms. The lowest BCUT2D eigenvalue weighted by Crippen LogP contribution is -2.44. The molecule has 1 N–H and O–H groups in total. The Bertz CT molecular complexity index is 672. The minimum Gasteiger partial charge on any atom is -0.325 e. The molecule has 1 aliphatic rings. The second-order valence-corrected chi connectivity index (χ2v) is 5.74. The van der Waals surface area contributed by atoms with Crippen LogP contribution in [0, 0.1) is 0 Å². The van der Waals surface area contributed by atoms with Gasteiger partial charge in [-0.05, 0) is 30.0 Å². The number of piperidine rings is 1. The first kappa shape index (κ1) is 14.0. The Morgan fingerprint density at radius 3 is 2.52 bits per heavy atom. The first-order valence-electron chi connectivity index (χ1n) is 7.34. The van der Waals surface area contributed by atoms with Gasteiger partial charge in [-0.2, -0.15) is 0 Å². The predicted molar refractivity (Wildman–Crippen MR) is 89.6 cm³/mol. The number of carbonyl (C=O) groups excluding carboxylic acids is 1. The molecule has 1 fully saturated rings. The predicted octanol–water partition coefficient (Wildman–Crippen LogP) is 3.71. The average Bonchev–Trinajstić information content (AvgIpc) is 2.55. The van der Waals surface area contributed by atoms with Crippen LogP contribution in [0.3, 0.4) is 0 Å². The van der Waals surface area contributed by atoms with Crippen molar-refractivity contribution < 1.29 is 4.79 Å². The van der Waals surface area contributed by atoms with Gasteiger partial charge in [-0.3, -0.25) is 5.32 Å². The normalized spacial score (nSPS) is 15.0. The molecule has 0 saturated carbocycles. The second-order valence-electron chi connectivity index (χ2n) is 5.33. The van der Waals surface area contributed by atoms with Crippen molar-refractivity contribution in [2.75, 3.05) is 13.1 Å². The summed E-state index contributed by atoms with van der Waals surface area (Å²) in [6.07, 6.45) is 3.36. The Labute approximate surface area is 129 Å². The van der Waals surface area contributed by atoms with Crippen LogP contribution in [0.1, 0.15) is 24.8 Å².